The van der Waals surface area contributed by atoms with Crippen LogP contribution in [0.1, 0.15) is 50.9 Å². The number of hydrogen-bond acceptors (Lipinski definition) is 4. The number of nitrogens with one attached hydrogen (secondary N) is 1. The first-order valence-electron chi connectivity index (χ1n) is 11.5. The molecule has 2 aliphatic heterocycles. The standard InChI is InChI=1S/C25H34N4O3/c1-7-25(8-2)15-20(23(30)26-16(3)24(31)28(5)32-6)29-19-12-10-9-11-17(19)18-13-14-27(4)22(25)21(18)29/h9-12,15-16,22H,7-8,13-14H2,1-6H3,(H,26,30)/t16?,22-/m1/s1. The predicted molar refractivity (Wildman–Crippen MR) is 126 cm³/mol. The topological polar surface area (TPSA) is 66.8 Å². The first-order valence-corrected chi connectivity index (χ1v) is 11.5. The summed E-state index contributed by atoms with van der Waals surface area (Å²) in [6, 6.07) is 7.84. The number of carbonyl (C=O) groups is 2. The first kappa shape index (κ1) is 22.6. The van der Waals surface area contributed by atoms with E-state index in [4.69, 9.17) is 4.84 Å². The molecule has 1 aromatic carbocycles. The van der Waals surface area contributed by atoms with E-state index in [1.165, 1.54) is 23.8 Å². The fourth-order valence-corrected chi connectivity index (χ4v) is 5.59. The summed E-state index contributed by atoms with van der Waals surface area (Å²) in [6.45, 7) is 7.09. The van der Waals surface area contributed by atoms with Gasteiger partial charge in [-0.05, 0) is 50.9 Å². The van der Waals surface area contributed by atoms with E-state index in [2.05, 4.69) is 60.0 Å². The summed E-state index contributed by atoms with van der Waals surface area (Å²) in [7, 11) is 5.16. The van der Waals surface area contributed by atoms with Gasteiger partial charge in [0, 0.05) is 30.1 Å². The fourth-order valence-electron chi connectivity index (χ4n) is 5.59. The van der Waals surface area contributed by atoms with Gasteiger partial charge >= 0.3 is 0 Å². The van der Waals surface area contributed by atoms with Crippen LogP contribution in [0.15, 0.2) is 30.3 Å². The van der Waals surface area contributed by atoms with Crippen LogP contribution in [0.25, 0.3) is 16.6 Å². The van der Waals surface area contributed by atoms with E-state index in [1.54, 1.807) is 14.0 Å². The molecule has 0 saturated heterocycles. The van der Waals surface area contributed by atoms with Gasteiger partial charge in [-0.2, -0.15) is 0 Å². The van der Waals surface area contributed by atoms with Crippen LogP contribution in [0.5, 0.6) is 0 Å². The lowest BCUT2D eigenvalue weighted by Gasteiger charge is -2.48. The number of hydroxylamine groups is 2. The highest BCUT2D eigenvalue weighted by molar-refractivity contribution is 6.17. The van der Waals surface area contributed by atoms with Crippen LogP contribution in [0.3, 0.4) is 0 Å². The molecule has 2 aromatic rings. The Kier molecular flexibility index (Phi) is 5.90. The Balaban J connectivity index is 1.88. The molecule has 1 N–H and O–H groups in total. The van der Waals surface area contributed by atoms with Crippen molar-refractivity contribution in [3.05, 3.63) is 41.6 Å². The van der Waals surface area contributed by atoms with Crippen LogP contribution >= 0.6 is 0 Å². The number of nitrogens with zero attached hydrogens (tertiary/aromatic N) is 3. The van der Waals surface area contributed by atoms with Crippen molar-refractivity contribution in [3.63, 3.8) is 0 Å². The Hall–Kier alpha value is -2.64. The quantitative estimate of drug-likeness (QED) is 0.703. The molecule has 0 spiro atoms. The molecule has 7 nitrogen and oxygen atoms in total. The molecule has 3 heterocycles. The Labute approximate surface area is 189 Å². The third-order valence-corrected chi connectivity index (χ3v) is 7.50. The minimum atomic E-state index is -0.705. The molecule has 172 valence electrons. The van der Waals surface area contributed by atoms with E-state index in [-0.39, 0.29) is 23.3 Å². The van der Waals surface area contributed by atoms with Crippen LogP contribution in [-0.4, -0.2) is 60.1 Å². The van der Waals surface area contributed by atoms with Gasteiger partial charge in [0.25, 0.3) is 11.8 Å². The SMILES string of the molecule is CCC1(CC)C=C(C(=O)NC(C)C(=O)N(C)OC)n2c3c(c4ccccc42)CCN(C)[C@H]31. The van der Waals surface area contributed by atoms with E-state index in [9.17, 15) is 9.59 Å². The van der Waals surface area contributed by atoms with E-state index >= 15 is 0 Å². The molecule has 1 unspecified atom stereocenters. The summed E-state index contributed by atoms with van der Waals surface area (Å²) in [5.74, 6) is -0.539. The minimum absolute atomic E-state index is 0.155. The number of hydrogen-bond donors (Lipinski definition) is 1. The summed E-state index contributed by atoms with van der Waals surface area (Å²) < 4.78 is 2.14. The van der Waals surface area contributed by atoms with Gasteiger partial charge in [0.05, 0.1) is 18.7 Å². The molecule has 2 aliphatic rings. The molecule has 0 radical (unpaired) electrons. The predicted octanol–water partition coefficient (Wildman–Crippen LogP) is 3.36. The Bertz CT molecular complexity index is 1080. The summed E-state index contributed by atoms with van der Waals surface area (Å²) in [6.07, 6.45) is 4.98. The van der Waals surface area contributed by atoms with Crippen LogP contribution < -0.4 is 5.32 Å². The van der Waals surface area contributed by atoms with E-state index in [0.29, 0.717) is 5.70 Å². The van der Waals surface area contributed by atoms with Crippen molar-refractivity contribution in [1.82, 2.24) is 19.8 Å². The zero-order valence-electron chi connectivity index (χ0n) is 19.9. The van der Waals surface area contributed by atoms with Gasteiger partial charge in [-0.1, -0.05) is 32.0 Å². The maximum absolute atomic E-state index is 13.6. The Morgan fingerprint density at radius 1 is 1.28 bits per heavy atom. The van der Waals surface area contributed by atoms with Crippen LogP contribution in [0, 0.1) is 5.41 Å². The molecular weight excluding hydrogens is 404 g/mol. The van der Waals surface area contributed by atoms with Crippen molar-refractivity contribution in [2.45, 2.75) is 52.1 Å². The Morgan fingerprint density at radius 3 is 2.62 bits per heavy atom. The fraction of sp³-hybridized carbons (Fsp3) is 0.520. The minimum Gasteiger partial charge on any atom is -0.339 e. The molecule has 1 aromatic heterocycles. The monoisotopic (exact) mass is 438 g/mol. The lowest BCUT2D eigenvalue weighted by Crippen LogP contribution is -2.49. The van der Waals surface area contributed by atoms with Gasteiger partial charge in [0.1, 0.15) is 11.7 Å². The number of likely N-dealkylation sites (N-methyl/N-ethyl adjacent to an activating group) is 2. The van der Waals surface area contributed by atoms with E-state index in [0.717, 1.165) is 36.4 Å². The third kappa shape index (κ3) is 3.26. The summed E-state index contributed by atoms with van der Waals surface area (Å²) in [5.41, 5.74) is 4.07. The normalized spacial score (nSPS) is 20.4. The average molecular weight is 439 g/mol. The summed E-state index contributed by atoms with van der Waals surface area (Å²) in [4.78, 5) is 33.6. The van der Waals surface area contributed by atoms with Crippen molar-refractivity contribution >= 4 is 28.4 Å². The maximum Gasteiger partial charge on any atom is 0.268 e. The molecule has 0 aliphatic carbocycles. The number of amides is 2. The molecule has 0 fully saturated rings. The number of rotatable bonds is 6. The maximum atomic E-state index is 13.6. The second-order valence-electron chi connectivity index (χ2n) is 9.03. The zero-order valence-corrected chi connectivity index (χ0v) is 19.9. The highest BCUT2D eigenvalue weighted by Gasteiger charge is 2.47. The molecule has 2 atom stereocenters. The largest absolute Gasteiger partial charge is 0.339 e. The lowest BCUT2D eigenvalue weighted by atomic mass is 9.69. The van der Waals surface area contributed by atoms with Gasteiger partial charge in [0.15, 0.2) is 0 Å². The second-order valence-corrected chi connectivity index (χ2v) is 9.03. The van der Waals surface area contributed by atoms with Crippen LogP contribution in [0.4, 0.5) is 0 Å². The highest BCUT2D eigenvalue weighted by Crippen LogP contribution is 2.54. The van der Waals surface area contributed by atoms with Crippen molar-refractivity contribution < 1.29 is 14.4 Å². The van der Waals surface area contributed by atoms with E-state index < -0.39 is 6.04 Å². The van der Waals surface area contributed by atoms with Crippen molar-refractivity contribution in [3.8, 4) is 0 Å². The van der Waals surface area contributed by atoms with Crippen molar-refractivity contribution in [2.75, 3.05) is 27.7 Å². The lowest BCUT2D eigenvalue weighted by molar-refractivity contribution is -0.171. The molecule has 4 rings (SSSR count). The molecule has 0 saturated carbocycles. The molecular formula is C25H34N4O3. The highest BCUT2D eigenvalue weighted by atomic mass is 16.7. The van der Waals surface area contributed by atoms with Gasteiger partial charge < -0.3 is 9.88 Å². The van der Waals surface area contributed by atoms with Gasteiger partial charge in [-0.25, -0.2) is 5.06 Å². The molecule has 0 bridgehead atoms. The van der Waals surface area contributed by atoms with Crippen LogP contribution in [0.2, 0.25) is 0 Å². The third-order valence-electron chi connectivity index (χ3n) is 7.50. The Morgan fingerprint density at radius 2 is 1.97 bits per heavy atom. The molecule has 7 heteroatoms. The van der Waals surface area contributed by atoms with Crippen LogP contribution in [-0.2, 0) is 20.8 Å². The number of fused-ring (bicyclic) bond motifs is 3. The van der Waals surface area contributed by atoms with Crippen molar-refractivity contribution in [2.24, 2.45) is 5.41 Å². The van der Waals surface area contributed by atoms with Crippen molar-refractivity contribution in [1.29, 1.82) is 0 Å². The van der Waals surface area contributed by atoms with Gasteiger partial charge in [-0.15, -0.1) is 0 Å². The van der Waals surface area contributed by atoms with Gasteiger partial charge in [0.2, 0.25) is 0 Å². The number of aromatic nitrogens is 1. The number of para-hydroxylation sites is 1. The summed E-state index contributed by atoms with van der Waals surface area (Å²) >= 11 is 0. The smallest absolute Gasteiger partial charge is 0.268 e. The molecule has 2 amide bonds. The average Bonchev–Trinajstić information content (AvgIpc) is 3.14. The second kappa shape index (κ2) is 8.37. The van der Waals surface area contributed by atoms with E-state index in [1.807, 2.05) is 6.07 Å². The summed E-state index contributed by atoms with van der Waals surface area (Å²) in [5, 5.41) is 5.27. The van der Waals surface area contributed by atoms with Gasteiger partial charge in [-0.3, -0.25) is 19.3 Å². The number of carbonyl (C=O) groups excluding carboxylic acids is 2. The zero-order chi connectivity index (χ0) is 23.2. The number of benzene rings is 1. The molecule has 32 heavy (non-hydrogen) atoms. The first-order chi connectivity index (χ1) is 15.3.